The highest BCUT2D eigenvalue weighted by molar-refractivity contribution is 7.09. The van der Waals surface area contributed by atoms with E-state index in [1.54, 1.807) is 0 Å². The molecule has 0 aliphatic rings. The van der Waals surface area contributed by atoms with Crippen LogP contribution in [0.4, 0.5) is 13.2 Å². The zero-order chi connectivity index (χ0) is 15.5. The molecule has 2 N–H and O–H groups in total. The van der Waals surface area contributed by atoms with Crippen LogP contribution in [0.15, 0.2) is 5.38 Å². The number of hydrogen-bond acceptors (Lipinski definition) is 4. The Bertz CT molecular complexity index is 461. The van der Waals surface area contributed by atoms with Crippen LogP contribution < -0.4 is 5.73 Å². The van der Waals surface area contributed by atoms with Crippen molar-refractivity contribution in [2.75, 3.05) is 7.05 Å². The van der Waals surface area contributed by atoms with Crippen LogP contribution in [0.5, 0.6) is 0 Å². The molecule has 0 aliphatic heterocycles. The number of nitrogens with zero attached hydrogens (tertiary/aromatic N) is 2. The predicted molar refractivity (Wildman–Crippen MR) is 71.0 cm³/mol. The van der Waals surface area contributed by atoms with Gasteiger partial charge in [0.05, 0.1) is 12.6 Å². The van der Waals surface area contributed by atoms with E-state index < -0.39 is 17.9 Å². The molecule has 0 aromatic carbocycles. The summed E-state index contributed by atoms with van der Waals surface area (Å²) in [5.74, 6) is -0.268. The van der Waals surface area contributed by atoms with Crippen molar-refractivity contribution in [2.24, 2.45) is 11.7 Å². The Kier molecular flexibility index (Phi) is 5.52. The standard InChI is InChI=1S/C12H18F3N3OS/c1-4-7(2)10(16)11(19)18(3)5-9-17-8(6-20-9)12(13,14)15/h6-7,10H,4-5,16H2,1-3H3. The molecule has 8 heteroatoms. The summed E-state index contributed by atoms with van der Waals surface area (Å²) in [4.78, 5) is 16.8. The van der Waals surface area contributed by atoms with Gasteiger partial charge in [-0.3, -0.25) is 4.79 Å². The maximum absolute atomic E-state index is 12.4. The van der Waals surface area contributed by atoms with Crippen LogP contribution in [-0.4, -0.2) is 28.9 Å². The van der Waals surface area contributed by atoms with Crippen molar-refractivity contribution < 1.29 is 18.0 Å². The van der Waals surface area contributed by atoms with E-state index in [1.165, 1.54) is 11.9 Å². The first-order valence-electron chi connectivity index (χ1n) is 6.19. The van der Waals surface area contributed by atoms with Gasteiger partial charge in [-0.15, -0.1) is 11.3 Å². The van der Waals surface area contributed by atoms with Crippen LogP contribution in [0.25, 0.3) is 0 Å². The Balaban J connectivity index is 2.69. The van der Waals surface area contributed by atoms with Gasteiger partial charge in [0.1, 0.15) is 5.01 Å². The SMILES string of the molecule is CCC(C)C(N)C(=O)N(C)Cc1nc(C(F)(F)F)cs1. The molecule has 0 spiro atoms. The number of alkyl halides is 3. The van der Waals surface area contributed by atoms with E-state index in [9.17, 15) is 18.0 Å². The van der Waals surface area contributed by atoms with Crippen molar-refractivity contribution in [2.45, 2.75) is 39.0 Å². The summed E-state index contributed by atoms with van der Waals surface area (Å²) in [5, 5.41) is 1.19. The largest absolute Gasteiger partial charge is 0.434 e. The van der Waals surface area contributed by atoms with Gasteiger partial charge in [0.25, 0.3) is 0 Å². The molecule has 1 amide bonds. The lowest BCUT2D eigenvalue weighted by Gasteiger charge is -2.23. The number of rotatable bonds is 5. The van der Waals surface area contributed by atoms with Crippen LogP contribution in [0.3, 0.4) is 0 Å². The highest BCUT2D eigenvalue weighted by atomic mass is 32.1. The first-order valence-corrected chi connectivity index (χ1v) is 7.07. The smallest absolute Gasteiger partial charge is 0.338 e. The molecule has 1 aromatic rings. The molecule has 1 rings (SSSR count). The molecule has 20 heavy (non-hydrogen) atoms. The second kappa shape index (κ2) is 6.53. The number of halogens is 3. The third-order valence-corrected chi connectivity index (χ3v) is 3.97. The Hall–Kier alpha value is -1.15. The first kappa shape index (κ1) is 16.9. The normalized spacial score (nSPS) is 14.9. The predicted octanol–water partition coefficient (Wildman–Crippen LogP) is 2.49. The number of nitrogens with two attached hydrogens (primary N) is 1. The van der Waals surface area contributed by atoms with Crippen molar-refractivity contribution in [3.63, 3.8) is 0 Å². The highest BCUT2D eigenvalue weighted by Crippen LogP contribution is 2.30. The molecule has 0 bridgehead atoms. The lowest BCUT2D eigenvalue weighted by molar-refractivity contribution is -0.140. The summed E-state index contributed by atoms with van der Waals surface area (Å²) in [6, 6.07) is -0.646. The molecule has 0 saturated carbocycles. The molecule has 2 unspecified atom stereocenters. The molecule has 0 fully saturated rings. The molecular weight excluding hydrogens is 291 g/mol. The molecule has 114 valence electrons. The highest BCUT2D eigenvalue weighted by Gasteiger charge is 2.34. The Morgan fingerprint density at radius 1 is 1.55 bits per heavy atom. The monoisotopic (exact) mass is 309 g/mol. The molecule has 0 aliphatic carbocycles. The zero-order valence-electron chi connectivity index (χ0n) is 11.6. The summed E-state index contributed by atoms with van der Waals surface area (Å²) in [7, 11) is 1.51. The van der Waals surface area contributed by atoms with Gasteiger partial charge in [-0.1, -0.05) is 20.3 Å². The maximum Gasteiger partial charge on any atom is 0.434 e. The number of carbonyl (C=O) groups is 1. The van der Waals surface area contributed by atoms with Gasteiger partial charge in [0, 0.05) is 12.4 Å². The molecule has 4 nitrogen and oxygen atoms in total. The van der Waals surface area contributed by atoms with E-state index in [1.807, 2.05) is 13.8 Å². The molecule has 0 saturated heterocycles. The van der Waals surface area contributed by atoms with Crippen molar-refractivity contribution in [1.82, 2.24) is 9.88 Å². The van der Waals surface area contributed by atoms with Crippen molar-refractivity contribution in [3.05, 3.63) is 16.1 Å². The first-order chi connectivity index (χ1) is 9.16. The number of carbonyl (C=O) groups excluding carboxylic acids is 1. The number of likely N-dealkylation sites (N-methyl/N-ethyl adjacent to an activating group) is 1. The van der Waals surface area contributed by atoms with Gasteiger partial charge < -0.3 is 10.6 Å². The van der Waals surface area contributed by atoms with Crippen LogP contribution in [-0.2, 0) is 17.5 Å². The van der Waals surface area contributed by atoms with Crippen molar-refractivity contribution >= 4 is 17.2 Å². The van der Waals surface area contributed by atoms with Crippen LogP contribution in [0.2, 0.25) is 0 Å². The quantitative estimate of drug-likeness (QED) is 0.909. The lowest BCUT2D eigenvalue weighted by atomic mass is 9.99. The zero-order valence-corrected chi connectivity index (χ0v) is 12.4. The van der Waals surface area contributed by atoms with Gasteiger partial charge in [-0.05, 0) is 5.92 Å². The average molecular weight is 309 g/mol. The molecule has 2 atom stereocenters. The minimum absolute atomic E-state index is 0.0204. The van der Waals surface area contributed by atoms with Gasteiger partial charge in [0.2, 0.25) is 5.91 Å². The van der Waals surface area contributed by atoms with Gasteiger partial charge in [-0.2, -0.15) is 13.2 Å². The molecule has 0 radical (unpaired) electrons. The number of amides is 1. The molecule has 1 heterocycles. The fraction of sp³-hybridized carbons (Fsp3) is 0.667. The van der Waals surface area contributed by atoms with E-state index >= 15 is 0 Å². The van der Waals surface area contributed by atoms with Crippen molar-refractivity contribution in [3.8, 4) is 0 Å². The summed E-state index contributed by atoms with van der Waals surface area (Å²) >= 11 is 0.882. The molecule has 1 aromatic heterocycles. The summed E-state index contributed by atoms with van der Waals surface area (Å²) in [5.41, 5.74) is 4.89. The topological polar surface area (TPSA) is 59.2 Å². The number of hydrogen-bond donors (Lipinski definition) is 1. The van der Waals surface area contributed by atoms with E-state index in [0.717, 1.165) is 23.1 Å². The second-order valence-corrected chi connectivity index (χ2v) is 5.67. The summed E-state index contributed by atoms with van der Waals surface area (Å²) in [6.07, 6.45) is -3.69. The van der Waals surface area contributed by atoms with Crippen LogP contribution in [0, 0.1) is 5.92 Å². The van der Waals surface area contributed by atoms with E-state index in [0.29, 0.717) is 0 Å². The number of thiazole rings is 1. The van der Waals surface area contributed by atoms with Crippen LogP contribution in [0.1, 0.15) is 31.0 Å². The van der Waals surface area contributed by atoms with Crippen molar-refractivity contribution in [1.29, 1.82) is 0 Å². The van der Waals surface area contributed by atoms with E-state index in [4.69, 9.17) is 5.73 Å². The summed E-state index contributed by atoms with van der Waals surface area (Å²) < 4.78 is 37.3. The lowest BCUT2D eigenvalue weighted by Crippen LogP contribution is -2.45. The fourth-order valence-corrected chi connectivity index (χ4v) is 2.40. The van der Waals surface area contributed by atoms with E-state index in [2.05, 4.69) is 4.98 Å². The van der Waals surface area contributed by atoms with Gasteiger partial charge >= 0.3 is 6.18 Å². The average Bonchev–Trinajstić information content (AvgIpc) is 2.84. The van der Waals surface area contributed by atoms with E-state index in [-0.39, 0.29) is 23.4 Å². The Morgan fingerprint density at radius 2 is 2.15 bits per heavy atom. The summed E-state index contributed by atoms with van der Waals surface area (Å²) in [6.45, 7) is 3.82. The minimum Gasteiger partial charge on any atom is -0.338 e. The third kappa shape index (κ3) is 4.17. The maximum atomic E-state index is 12.4. The second-order valence-electron chi connectivity index (χ2n) is 4.73. The Labute approximate surface area is 119 Å². The fourth-order valence-electron chi connectivity index (χ4n) is 1.55. The minimum atomic E-state index is -4.45. The van der Waals surface area contributed by atoms with Crippen LogP contribution >= 0.6 is 11.3 Å². The number of aromatic nitrogens is 1. The van der Waals surface area contributed by atoms with Gasteiger partial charge in [0.15, 0.2) is 5.69 Å². The van der Waals surface area contributed by atoms with Gasteiger partial charge in [-0.25, -0.2) is 4.98 Å². The Morgan fingerprint density at radius 3 is 2.60 bits per heavy atom. The molecular formula is C12H18F3N3OS. The third-order valence-electron chi connectivity index (χ3n) is 3.13.